The molecule has 4 aromatic rings. The second-order valence-corrected chi connectivity index (χ2v) is 8.96. The summed E-state index contributed by atoms with van der Waals surface area (Å²) in [6, 6.07) is 8.36. The summed E-state index contributed by atoms with van der Waals surface area (Å²) in [4.78, 5) is 44.1. The van der Waals surface area contributed by atoms with E-state index in [1.54, 1.807) is 11.9 Å². The van der Waals surface area contributed by atoms with Gasteiger partial charge in [-0.25, -0.2) is 9.78 Å². The molecule has 1 aliphatic heterocycles. The number of aryl methyl sites for hydroxylation is 4. The van der Waals surface area contributed by atoms with E-state index in [1.807, 2.05) is 10.7 Å². The van der Waals surface area contributed by atoms with Gasteiger partial charge in [-0.05, 0) is 43.5 Å². The van der Waals surface area contributed by atoms with Crippen molar-refractivity contribution in [3.8, 4) is 11.3 Å². The minimum atomic E-state index is -0.463. The molecule has 176 valence electrons. The highest BCUT2D eigenvalue weighted by Crippen LogP contribution is 2.24. The average Bonchev–Trinajstić information content (AvgIpc) is 3.36. The Morgan fingerprint density at radius 1 is 1.03 bits per heavy atom. The predicted octanol–water partition coefficient (Wildman–Crippen LogP) is 1.35. The molecule has 0 N–H and O–H groups in total. The van der Waals surface area contributed by atoms with Gasteiger partial charge in [0.2, 0.25) is 5.91 Å². The van der Waals surface area contributed by atoms with Crippen LogP contribution in [0.4, 0.5) is 0 Å². The van der Waals surface area contributed by atoms with Crippen LogP contribution in [-0.2, 0) is 38.5 Å². The summed E-state index contributed by atoms with van der Waals surface area (Å²) in [7, 11) is 2.98. The quantitative estimate of drug-likeness (QED) is 0.459. The first kappa shape index (κ1) is 21.9. The number of amides is 1. The number of rotatable bonds is 3. The molecule has 0 saturated carbocycles. The zero-order valence-electron chi connectivity index (χ0n) is 19.8. The normalized spacial score (nSPS) is 13.8. The molecule has 34 heavy (non-hydrogen) atoms. The Morgan fingerprint density at radius 2 is 1.82 bits per heavy atom. The van der Waals surface area contributed by atoms with E-state index < -0.39 is 11.2 Å². The lowest BCUT2D eigenvalue weighted by molar-refractivity contribution is -0.132. The highest BCUT2D eigenvalue weighted by Gasteiger charge is 2.23. The Morgan fingerprint density at radius 3 is 2.59 bits per heavy atom. The van der Waals surface area contributed by atoms with Gasteiger partial charge in [-0.1, -0.05) is 12.1 Å². The summed E-state index contributed by atoms with van der Waals surface area (Å²) < 4.78 is 5.86. The van der Waals surface area contributed by atoms with E-state index >= 15 is 0 Å². The van der Waals surface area contributed by atoms with Gasteiger partial charge in [0, 0.05) is 32.7 Å². The molecule has 1 aliphatic rings. The Bertz CT molecular complexity index is 1550. The van der Waals surface area contributed by atoms with E-state index in [9.17, 15) is 14.4 Å². The first-order valence-corrected chi connectivity index (χ1v) is 11.3. The average molecular weight is 462 g/mol. The zero-order valence-corrected chi connectivity index (χ0v) is 19.8. The minimum Gasteiger partial charge on any atom is -0.335 e. The van der Waals surface area contributed by atoms with Gasteiger partial charge < -0.3 is 9.47 Å². The number of aromatic nitrogens is 6. The number of hydrogen-bond donors (Lipinski definition) is 0. The number of hydrogen-bond acceptors (Lipinski definition) is 5. The molecular formula is C24H27N7O3. The maximum Gasteiger partial charge on any atom is 0.332 e. The van der Waals surface area contributed by atoms with Crippen molar-refractivity contribution in [3.63, 3.8) is 0 Å². The van der Waals surface area contributed by atoms with Crippen LogP contribution in [0.2, 0.25) is 0 Å². The third kappa shape index (κ3) is 3.55. The molecule has 10 heteroatoms. The zero-order chi connectivity index (χ0) is 24.1. The van der Waals surface area contributed by atoms with E-state index in [0.717, 1.165) is 34.5 Å². The second-order valence-electron chi connectivity index (χ2n) is 8.96. The molecule has 0 atom stereocenters. The van der Waals surface area contributed by atoms with E-state index in [4.69, 9.17) is 5.10 Å². The maximum atomic E-state index is 13.2. The molecule has 1 aromatic carbocycles. The second kappa shape index (κ2) is 8.12. The van der Waals surface area contributed by atoms with Gasteiger partial charge in [0.15, 0.2) is 11.2 Å². The monoisotopic (exact) mass is 461 g/mol. The van der Waals surface area contributed by atoms with E-state index in [2.05, 4.69) is 37.0 Å². The third-order valence-electron chi connectivity index (χ3n) is 6.69. The Hall–Kier alpha value is -3.95. The van der Waals surface area contributed by atoms with Gasteiger partial charge in [0.1, 0.15) is 6.54 Å². The first-order chi connectivity index (χ1) is 16.2. The van der Waals surface area contributed by atoms with E-state index in [-0.39, 0.29) is 23.6 Å². The van der Waals surface area contributed by atoms with Crippen molar-refractivity contribution in [1.82, 2.24) is 33.4 Å². The molecule has 3 aromatic heterocycles. The van der Waals surface area contributed by atoms with Crippen molar-refractivity contribution in [1.29, 1.82) is 0 Å². The molecule has 0 radical (unpaired) electrons. The fraction of sp³-hybridized carbons (Fsp3) is 0.375. The van der Waals surface area contributed by atoms with Crippen LogP contribution in [0.5, 0.6) is 0 Å². The molecule has 0 bridgehead atoms. The van der Waals surface area contributed by atoms with Crippen LogP contribution in [-0.4, -0.2) is 45.8 Å². The van der Waals surface area contributed by atoms with Crippen molar-refractivity contribution < 1.29 is 4.79 Å². The van der Waals surface area contributed by atoms with E-state index in [1.165, 1.54) is 33.6 Å². The molecule has 4 heterocycles. The summed E-state index contributed by atoms with van der Waals surface area (Å²) in [6.45, 7) is 5.93. The largest absolute Gasteiger partial charge is 0.335 e. The van der Waals surface area contributed by atoms with Crippen molar-refractivity contribution in [2.45, 2.75) is 39.9 Å². The predicted molar refractivity (Wildman–Crippen MR) is 127 cm³/mol. The van der Waals surface area contributed by atoms with Gasteiger partial charge in [0.05, 0.1) is 24.3 Å². The number of nitrogens with zero attached hydrogens (tertiary/aromatic N) is 7. The molecule has 0 spiro atoms. The van der Waals surface area contributed by atoms with Crippen LogP contribution in [0.15, 0.2) is 40.2 Å². The lowest BCUT2D eigenvalue weighted by atomic mass is 10.0. The number of benzene rings is 1. The first-order valence-electron chi connectivity index (χ1n) is 11.3. The molecular weight excluding hydrogens is 434 g/mol. The van der Waals surface area contributed by atoms with Crippen LogP contribution >= 0.6 is 0 Å². The topological polar surface area (TPSA) is 100.0 Å². The lowest BCUT2D eigenvalue weighted by Crippen LogP contribution is -2.38. The summed E-state index contributed by atoms with van der Waals surface area (Å²) in [5.74, 6) is -0.113. The number of imidazole rings is 1. The Kier molecular flexibility index (Phi) is 5.22. The van der Waals surface area contributed by atoms with Crippen molar-refractivity contribution in [3.05, 3.63) is 68.3 Å². The fourth-order valence-corrected chi connectivity index (χ4v) is 4.48. The van der Waals surface area contributed by atoms with Crippen LogP contribution < -0.4 is 11.2 Å². The van der Waals surface area contributed by atoms with Crippen LogP contribution in [0.1, 0.15) is 23.2 Å². The number of carbonyl (C=O) groups is 1. The number of carbonyl (C=O) groups excluding carboxylic acids is 1. The van der Waals surface area contributed by atoms with Crippen LogP contribution in [0, 0.1) is 13.8 Å². The molecule has 10 nitrogen and oxygen atoms in total. The van der Waals surface area contributed by atoms with Gasteiger partial charge in [-0.3, -0.25) is 23.4 Å². The van der Waals surface area contributed by atoms with Crippen molar-refractivity contribution in [2.75, 3.05) is 6.54 Å². The van der Waals surface area contributed by atoms with Crippen LogP contribution in [0.25, 0.3) is 22.4 Å². The van der Waals surface area contributed by atoms with Crippen molar-refractivity contribution >= 4 is 17.1 Å². The smallest absolute Gasteiger partial charge is 0.332 e. The molecule has 1 amide bonds. The SMILES string of the molecule is Cc1ccc(-c2cc3n(n2)CCCN(C(=O)Cn2cnc4c2c(=O)n(C)c(=O)n4C)C3)cc1C. The summed E-state index contributed by atoms with van der Waals surface area (Å²) in [5, 5.41) is 4.79. The minimum absolute atomic E-state index is 0.0257. The molecule has 0 unspecified atom stereocenters. The Balaban J connectivity index is 1.41. The van der Waals surface area contributed by atoms with Crippen molar-refractivity contribution in [2.24, 2.45) is 14.1 Å². The summed E-state index contributed by atoms with van der Waals surface area (Å²) >= 11 is 0. The summed E-state index contributed by atoms with van der Waals surface area (Å²) in [5.41, 5.74) is 5.00. The molecule has 0 saturated heterocycles. The lowest BCUT2D eigenvalue weighted by Gasteiger charge is -2.20. The molecule has 0 fully saturated rings. The number of fused-ring (bicyclic) bond motifs is 2. The fourth-order valence-electron chi connectivity index (χ4n) is 4.48. The van der Waals surface area contributed by atoms with Gasteiger partial charge in [0.25, 0.3) is 5.56 Å². The van der Waals surface area contributed by atoms with Gasteiger partial charge in [-0.2, -0.15) is 5.10 Å². The van der Waals surface area contributed by atoms with Gasteiger partial charge >= 0.3 is 5.69 Å². The highest BCUT2D eigenvalue weighted by molar-refractivity contribution is 5.79. The van der Waals surface area contributed by atoms with Crippen LogP contribution in [0.3, 0.4) is 0 Å². The van der Waals surface area contributed by atoms with Gasteiger partial charge in [-0.15, -0.1) is 0 Å². The summed E-state index contributed by atoms with van der Waals surface area (Å²) in [6.07, 6.45) is 2.23. The molecule has 5 rings (SSSR count). The maximum absolute atomic E-state index is 13.2. The van der Waals surface area contributed by atoms with E-state index in [0.29, 0.717) is 13.1 Å². The Labute approximate surface area is 195 Å². The standard InChI is InChI=1S/C24H27N7O3/c1-15-6-7-17(10-16(15)2)19-11-18-12-29(8-5-9-31(18)26-19)20(32)13-30-14-25-22-21(30)23(33)28(4)24(34)27(22)3/h6-7,10-11,14H,5,8-9,12-13H2,1-4H3. The molecule has 0 aliphatic carbocycles. The highest BCUT2D eigenvalue weighted by atomic mass is 16.2. The third-order valence-corrected chi connectivity index (χ3v) is 6.69.